The fourth-order valence-corrected chi connectivity index (χ4v) is 3.54. The lowest BCUT2D eigenvalue weighted by atomic mass is 9.96. The zero-order valence-corrected chi connectivity index (χ0v) is 15.2. The molecule has 1 aliphatic rings. The van der Waals surface area contributed by atoms with Crippen LogP contribution in [-0.2, 0) is 0 Å². The van der Waals surface area contributed by atoms with Gasteiger partial charge in [-0.2, -0.15) is 0 Å². The molecule has 1 fully saturated rings. The van der Waals surface area contributed by atoms with Gasteiger partial charge in [-0.05, 0) is 37.1 Å². The second kappa shape index (κ2) is 8.81. The lowest BCUT2D eigenvalue weighted by Gasteiger charge is -2.25. The van der Waals surface area contributed by atoms with E-state index in [2.05, 4.69) is 11.8 Å². The SMILES string of the molecule is CCN(CCO)C[C@@H]1CN(C(=O)c2cc(Cl)ccc2C)C[C@@H]1CO. The molecule has 0 spiro atoms. The van der Waals surface area contributed by atoms with Crippen LogP contribution >= 0.6 is 11.6 Å². The number of amides is 1. The Labute approximate surface area is 148 Å². The molecule has 2 rings (SSSR count). The molecule has 1 heterocycles. The molecule has 0 radical (unpaired) electrons. The third-order valence-corrected chi connectivity index (χ3v) is 5.12. The molecule has 134 valence electrons. The summed E-state index contributed by atoms with van der Waals surface area (Å²) in [6.07, 6.45) is 0. The van der Waals surface area contributed by atoms with E-state index in [0.717, 1.165) is 18.7 Å². The van der Waals surface area contributed by atoms with E-state index in [0.29, 0.717) is 30.2 Å². The van der Waals surface area contributed by atoms with E-state index in [1.165, 1.54) is 0 Å². The van der Waals surface area contributed by atoms with E-state index in [1.54, 1.807) is 12.1 Å². The molecule has 0 aromatic heterocycles. The van der Waals surface area contributed by atoms with Crippen molar-refractivity contribution >= 4 is 17.5 Å². The van der Waals surface area contributed by atoms with Crippen LogP contribution in [0.5, 0.6) is 0 Å². The number of hydrogen-bond donors (Lipinski definition) is 2. The molecule has 1 amide bonds. The maximum absolute atomic E-state index is 12.8. The van der Waals surface area contributed by atoms with Crippen LogP contribution in [0.15, 0.2) is 18.2 Å². The Morgan fingerprint density at radius 1 is 1.33 bits per heavy atom. The number of aryl methyl sites for hydroxylation is 1. The first-order valence-corrected chi connectivity index (χ1v) is 8.87. The molecule has 2 atom stereocenters. The van der Waals surface area contributed by atoms with Gasteiger partial charge in [0.05, 0.1) is 6.61 Å². The Bertz CT molecular complexity index is 567. The fourth-order valence-electron chi connectivity index (χ4n) is 3.36. The fraction of sp³-hybridized carbons (Fsp3) is 0.611. The van der Waals surface area contributed by atoms with Crippen molar-refractivity contribution in [3.63, 3.8) is 0 Å². The van der Waals surface area contributed by atoms with Gasteiger partial charge in [0.25, 0.3) is 5.91 Å². The molecular formula is C18H27ClN2O3. The number of likely N-dealkylation sites (N-methyl/N-ethyl adjacent to an activating group) is 1. The third-order valence-electron chi connectivity index (χ3n) is 4.88. The van der Waals surface area contributed by atoms with Crippen molar-refractivity contribution in [2.45, 2.75) is 13.8 Å². The summed E-state index contributed by atoms with van der Waals surface area (Å²) < 4.78 is 0. The number of benzene rings is 1. The number of likely N-dealkylation sites (tertiary alicyclic amines) is 1. The van der Waals surface area contributed by atoms with E-state index in [4.69, 9.17) is 16.7 Å². The smallest absolute Gasteiger partial charge is 0.254 e. The van der Waals surface area contributed by atoms with Crippen LogP contribution in [0.2, 0.25) is 5.02 Å². The number of carbonyl (C=O) groups is 1. The van der Waals surface area contributed by atoms with Crippen LogP contribution in [0.25, 0.3) is 0 Å². The number of rotatable bonds is 7. The van der Waals surface area contributed by atoms with Crippen LogP contribution in [0, 0.1) is 18.8 Å². The predicted octanol–water partition coefficient (Wildman–Crippen LogP) is 1.64. The Morgan fingerprint density at radius 3 is 2.67 bits per heavy atom. The molecular weight excluding hydrogens is 328 g/mol. The average Bonchev–Trinajstić information content (AvgIpc) is 2.98. The van der Waals surface area contributed by atoms with Gasteiger partial charge in [0.15, 0.2) is 0 Å². The van der Waals surface area contributed by atoms with Gasteiger partial charge >= 0.3 is 0 Å². The van der Waals surface area contributed by atoms with Gasteiger partial charge in [-0.1, -0.05) is 24.6 Å². The molecule has 1 aromatic rings. The van der Waals surface area contributed by atoms with Gasteiger partial charge in [0, 0.05) is 49.3 Å². The second-order valence-corrected chi connectivity index (χ2v) is 6.93. The molecule has 1 aromatic carbocycles. The van der Waals surface area contributed by atoms with Crippen molar-refractivity contribution in [1.29, 1.82) is 0 Å². The first-order valence-electron chi connectivity index (χ1n) is 8.49. The van der Waals surface area contributed by atoms with E-state index >= 15 is 0 Å². The topological polar surface area (TPSA) is 64.0 Å². The van der Waals surface area contributed by atoms with Crippen LogP contribution in [-0.4, -0.2) is 71.9 Å². The van der Waals surface area contributed by atoms with Crippen molar-refractivity contribution in [2.75, 3.05) is 45.9 Å². The van der Waals surface area contributed by atoms with Crippen LogP contribution in [0.4, 0.5) is 0 Å². The monoisotopic (exact) mass is 354 g/mol. The summed E-state index contributed by atoms with van der Waals surface area (Å²) in [6, 6.07) is 5.35. The Kier molecular flexibility index (Phi) is 7.04. The van der Waals surface area contributed by atoms with Crippen LogP contribution < -0.4 is 0 Å². The lowest BCUT2D eigenvalue weighted by molar-refractivity contribution is 0.0777. The van der Waals surface area contributed by atoms with E-state index < -0.39 is 0 Å². The first-order chi connectivity index (χ1) is 11.5. The summed E-state index contributed by atoms with van der Waals surface area (Å²) in [5.74, 6) is 0.257. The van der Waals surface area contributed by atoms with Gasteiger partial charge in [-0.25, -0.2) is 0 Å². The number of aliphatic hydroxyl groups is 2. The summed E-state index contributed by atoms with van der Waals surface area (Å²) in [4.78, 5) is 16.8. The van der Waals surface area contributed by atoms with Crippen molar-refractivity contribution < 1.29 is 15.0 Å². The zero-order valence-electron chi connectivity index (χ0n) is 14.4. The molecule has 0 bridgehead atoms. The standard InChI is InChI=1S/C18H27ClN2O3/c1-3-20(6-7-22)9-14-10-21(11-15(14)12-23)18(24)17-8-16(19)5-4-13(17)2/h4-5,8,14-15,22-23H,3,6-7,9-12H2,1-2H3/t14-,15-/m1/s1. The maximum Gasteiger partial charge on any atom is 0.254 e. The van der Waals surface area contributed by atoms with Gasteiger partial charge < -0.3 is 20.0 Å². The van der Waals surface area contributed by atoms with E-state index in [-0.39, 0.29) is 31.0 Å². The van der Waals surface area contributed by atoms with Crippen molar-refractivity contribution in [3.8, 4) is 0 Å². The minimum absolute atomic E-state index is 0.0267. The average molecular weight is 355 g/mol. The molecule has 24 heavy (non-hydrogen) atoms. The Balaban J connectivity index is 2.10. The molecule has 0 saturated carbocycles. The van der Waals surface area contributed by atoms with E-state index in [9.17, 15) is 9.90 Å². The number of carbonyl (C=O) groups excluding carboxylic acids is 1. The minimum atomic E-state index is -0.0267. The number of halogens is 1. The van der Waals surface area contributed by atoms with Gasteiger partial charge in [0.1, 0.15) is 0 Å². The van der Waals surface area contributed by atoms with Gasteiger partial charge in [-0.15, -0.1) is 0 Å². The quantitative estimate of drug-likeness (QED) is 0.781. The van der Waals surface area contributed by atoms with Crippen LogP contribution in [0.1, 0.15) is 22.8 Å². The largest absolute Gasteiger partial charge is 0.396 e. The minimum Gasteiger partial charge on any atom is -0.396 e. The maximum atomic E-state index is 12.8. The number of aliphatic hydroxyl groups excluding tert-OH is 2. The highest BCUT2D eigenvalue weighted by Gasteiger charge is 2.36. The first kappa shape index (κ1) is 19.2. The zero-order chi connectivity index (χ0) is 17.7. The Hall–Kier alpha value is -1.14. The normalized spacial score (nSPS) is 20.8. The molecule has 1 aliphatic heterocycles. The summed E-state index contributed by atoms with van der Waals surface area (Å²) in [5, 5.41) is 19.4. The second-order valence-electron chi connectivity index (χ2n) is 6.49. The molecule has 2 N–H and O–H groups in total. The molecule has 5 nitrogen and oxygen atoms in total. The van der Waals surface area contributed by atoms with Gasteiger partial charge in [-0.3, -0.25) is 4.79 Å². The highest BCUT2D eigenvalue weighted by Crippen LogP contribution is 2.27. The summed E-state index contributed by atoms with van der Waals surface area (Å²) >= 11 is 6.03. The number of nitrogens with zero attached hydrogens (tertiary/aromatic N) is 2. The van der Waals surface area contributed by atoms with Crippen molar-refractivity contribution in [2.24, 2.45) is 11.8 Å². The van der Waals surface area contributed by atoms with E-state index in [1.807, 2.05) is 17.9 Å². The predicted molar refractivity (Wildman–Crippen MR) is 95.4 cm³/mol. The Morgan fingerprint density at radius 2 is 2.04 bits per heavy atom. The third kappa shape index (κ3) is 4.48. The van der Waals surface area contributed by atoms with Crippen LogP contribution in [0.3, 0.4) is 0 Å². The highest BCUT2D eigenvalue weighted by atomic mass is 35.5. The summed E-state index contributed by atoms with van der Waals surface area (Å²) in [7, 11) is 0. The molecule has 0 unspecified atom stereocenters. The highest BCUT2D eigenvalue weighted by molar-refractivity contribution is 6.31. The van der Waals surface area contributed by atoms with Crippen molar-refractivity contribution in [3.05, 3.63) is 34.3 Å². The summed E-state index contributed by atoms with van der Waals surface area (Å²) in [5.41, 5.74) is 1.53. The lowest BCUT2D eigenvalue weighted by Crippen LogP contribution is -2.36. The van der Waals surface area contributed by atoms with Crippen molar-refractivity contribution in [1.82, 2.24) is 9.80 Å². The van der Waals surface area contributed by atoms with Gasteiger partial charge in [0.2, 0.25) is 0 Å². The molecule has 0 aliphatic carbocycles. The molecule has 6 heteroatoms. The number of hydrogen-bond acceptors (Lipinski definition) is 4. The molecule has 1 saturated heterocycles. The summed E-state index contributed by atoms with van der Waals surface area (Å²) in [6.45, 7) is 7.57.